The molecular formula is C15H16N2S. The van der Waals surface area contributed by atoms with Gasteiger partial charge in [-0.3, -0.25) is 0 Å². The minimum atomic E-state index is 0.232. The highest BCUT2D eigenvalue weighted by Gasteiger charge is 2.11. The summed E-state index contributed by atoms with van der Waals surface area (Å²) in [6, 6.07) is 14.7. The van der Waals surface area contributed by atoms with E-state index in [-0.39, 0.29) is 6.04 Å². The van der Waals surface area contributed by atoms with Crippen molar-refractivity contribution >= 4 is 11.3 Å². The lowest BCUT2D eigenvalue weighted by molar-refractivity contribution is 0.500. The molecule has 18 heavy (non-hydrogen) atoms. The molecule has 0 aliphatic heterocycles. The van der Waals surface area contributed by atoms with Crippen molar-refractivity contribution in [1.29, 1.82) is 5.26 Å². The molecule has 2 aromatic rings. The van der Waals surface area contributed by atoms with Crippen LogP contribution in [0, 0.1) is 11.3 Å². The fourth-order valence-corrected chi connectivity index (χ4v) is 2.71. The Hall–Kier alpha value is -1.63. The highest BCUT2D eigenvalue weighted by molar-refractivity contribution is 7.10. The minimum Gasteiger partial charge on any atom is -0.303 e. The van der Waals surface area contributed by atoms with Gasteiger partial charge in [-0.2, -0.15) is 5.26 Å². The van der Waals surface area contributed by atoms with Crippen LogP contribution in [0.15, 0.2) is 41.8 Å². The first kappa shape index (κ1) is 12.8. The smallest absolute Gasteiger partial charge is 0.0991 e. The monoisotopic (exact) mass is 256 g/mol. The van der Waals surface area contributed by atoms with Crippen molar-refractivity contribution in [2.24, 2.45) is 0 Å². The Bertz CT molecular complexity index is 540. The topological polar surface area (TPSA) is 35.8 Å². The number of nitrogens with one attached hydrogen (secondary N) is 1. The van der Waals surface area contributed by atoms with Crippen molar-refractivity contribution in [2.45, 2.75) is 25.9 Å². The maximum Gasteiger partial charge on any atom is 0.0991 e. The maximum absolute atomic E-state index is 8.91. The molecule has 0 radical (unpaired) electrons. The summed E-state index contributed by atoms with van der Waals surface area (Å²) in [4.78, 5) is 1.33. The molecule has 1 unspecified atom stereocenters. The van der Waals surface area contributed by atoms with Crippen LogP contribution in [0.2, 0.25) is 0 Å². The molecule has 3 heteroatoms. The first-order chi connectivity index (χ1) is 8.70. The Kier molecular flexibility index (Phi) is 4.14. The number of nitrogens with zero attached hydrogens (tertiary/aromatic N) is 1. The molecule has 1 aromatic heterocycles. The summed E-state index contributed by atoms with van der Waals surface area (Å²) in [5.74, 6) is 0. The van der Waals surface area contributed by atoms with E-state index in [1.54, 1.807) is 11.3 Å². The first-order valence-corrected chi connectivity index (χ1v) is 6.88. The van der Waals surface area contributed by atoms with Gasteiger partial charge in [0, 0.05) is 17.0 Å². The van der Waals surface area contributed by atoms with E-state index >= 15 is 0 Å². The van der Waals surface area contributed by atoms with Gasteiger partial charge in [0.05, 0.1) is 11.6 Å². The Morgan fingerprint density at radius 3 is 2.67 bits per heavy atom. The molecule has 0 aliphatic rings. The van der Waals surface area contributed by atoms with Gasteiger partial charge in [-0.15, -0.1) is 11.3 Å². The Labute approximate surface area is 112 Å². The molecule has 0 fully saturated rings. The van der Waals surface area contributed by atoms with E-state index in [9.17, 15) is 0 Å². The molecule has 0 saturated carbocycles. The second-order valence-electron chi connectivity index (χ2n) is 4.36. The molecular weight excluding hydrogens is 240 g/mol. The second-order valence-corrected chi connectivity index (χ2v) is 5.34. The van der Waals surface area contributed by atoms with Crippen LogP contribution in [0.1, 0.15) is 41.9 Å². The molecule has 2 rings (SSSR count). The van der Waals surface area contributed by atoms with Crippen LogP contribution in [0.25, 0.3) is 0 Å². The molecule has 0 saturated heterocycles. The number of benzene rings is 1. The molecule has 0 aliphatic carbocycles. The summed E-state index contributed by atoms with van der Waals surface area (Å²) in [6.07, 6.45) is 0. The number of hydrogen-bond donors (Lipinski definition) is 1. The zero-order chi connectivity index (χ0) is 13.0. The van der Waals surface area contributed by atoms with E-state index in [1.807, 2.05) is 18.2 Å². The van der Waals surface area contributed by atoms with Crippen LogP contribution >= 0.6 is 11.3 Å². The van der Waals surface area contributed by atoms with Crippen LogP contribution in [0.4, 0.5) is 0 Å². The second kappa shape index (κ2) is 5.81. The Morgan fingerprint density at radius 2 is 2.00 bits per heavy atom. The highest BCUT2D eigenvalue weighted by atomic mass is 32.1. The summed E-state index contributed by atoms with van der Waals surface area (Å²) in [5, 5.41) is 14.5. The third-order valence-corrected chi connectivity index (χ3v) is 4.04. The summed E-state index contributed by atoms with van der Waals surface area (Å²) in [5.41, 5.74) is 1.86. The number of hydrogen-bond acceptors (Lipinski definition) is 3. The van der Waals surface area contributed by atoms with Crippen molar-refractivity contribution in [3.05, 3.63) is 57.8 Å². The molecule has 2 nitrogen and oxygen atoms in total. The van der Waals surface area contributed by atoms with Crippen LogP contribution in [0.5, 0.6) is 0 Å². The van der Waals surface area contributed by atoms with Crippen molar-refractivity contribution < 1.29 is 0 Å². The zero-order valence-corrected chi connectivity index (χ0v) is 11.4. The predicted octanol–water partition coefficient (Wildman–Crippen LogP) is 4.03. The summed E-state index contributed by atoms with van der Waals surface area (Å²) < 4.78 is 0. The fourth-order valence-electron chi connectivity index (χ4n) is 1.97. The minimum absolute atomic E-state index is 0.232. The van der Waals surface area contributed by atoms with Gasteiger partial charge in [-0.25, -0.2) is 0 Å². The van der Waals surface area contributed by atoms with Crippen molar-refractivity contribution in [3.63, 3.8) is 0 Å². The molecule has 1 aromatic carbocycles. The summed E-state index contributed by atoms with van der Waals surface area (Å²) in [6.45, 7) is 4.29. The van der Waals surface area contributed by atoms with Crippen LogP contribution < -0.4 is 5.32 Å². The van der Waals surface area contributed by atoms with Crippen molar-refractivity contribution in [2.75, 3.05) is 0 Å². The SMILES string of the molecule is CC(N[C@@H](C)c1cccs1)c1cccc(C#N)c1. The van der Waals surface area contributed by atoms with Gasteiger partial charge in [0.1, 0.15) is 0 Å². The van der Waals surface area contributed by atoms with E-state index in [1.165, 1.54) is 4.88 Å². The predicted molar refractivity (Wildman–Crippen MR) is 75.4 cm³/mol. The van der Waals surface area contributed by atoms with E-state index in [0.29, 0.717) is 11.6 Å². The van der Waals surface area contributed by atoms with Gasteiger partial charge in [-0.05, 0) is 43.0 Å². The summed E-state index contributed by atoms with van der Waals surface area (Å²) >= 11 is 1.76. The van der Waals surface area contributed by atoms with Gasteiger partial charge in [0.2, 0.25) is 0 Å². The van der Waals surface area contributed by atoms with Crippen LogP contribution in [-0.4, -0.2) is 0 Å². The van der Waals surface area contributed by atoms with Crippen LogP contribution in [0.3, 0.4) is 0 Å². The lowest BCUT2D eigenvalue weighted by Gasteiger charge is -2.19. The van der Waals surface area contributed by atoms with Crippen molar-refractivity contribution in [3.8, 4) is 6.07 Å². The average Bonchev–Trinajstić information content (AvgIpc) is 2.92. The Morgan fingerprint density at radius 1 is 1.17 bits per heavy atom. The van der Waals surface area contributed by atoms with Gasteiger partial charge in [0.25, 0.3) is 0 Å². The maximum atomic E-state index is 8.91. The van der Waals surface area contributed by atoms with Crippen LogP contribution in [-0.2, 0) is 0 Å². The lowest BCUT2D eigenvalue weighted by atomic mass is 10.0. The average molecular weight is 256 g/mol. The van der Waals surface area contributed by atoms with E-state index in [4.69, 9.17) is 5.26 Å². The quantitative estimate of drug-likeness (QED) is 0.896. The molecule has 0 spiro atoms. The molecule has 0 amide bonds. The third kappa shape index (κ3) is 2.98. The van der Waals surface area contributed by atoms with E-state index < -0.39 is 0 Å². The van der Waals surface area contributed by atoms with Gasteiger partial charge >= 0.3 is 0 Å². The molecule has 0 bridgehead atoms. The van der Waals surface area contributed by atoms with E-state index in [0.717, 1.165) is 5.56 Å². The largest absolute Gasteiger partial charge is 0.303 e. The fraction of sp³-hybridized carbons (Fsp3) is 0.267. The molecule has 1 heterocycles. The van der Waals surface area contributed by atoms with Gasteiger partial charge < -0.3 is 5.32 Å². The van der Waals surface area contributed by atoms with Crippen molar-refractivity contribution in [1.82, 2.24) is 5.32 Å². The zero-order valence-electron chi connectivity index (χ0n) is 10.6. The highest BCUT2D eigenvalue weighted by Crippen LogP contribution is 2.22. The van der Waals surface area contributed by atoms with Gasteiger partial charge in [0.15, 0.2) is 0 Å². The number of nitriles is 1. The summed E-state index contributed by atoms with van der Waals surface area (Å²) in [7, 11) is 0. The molecule has 1 N–H and O–H groups in total. The normalized spacial score (nSPS) is 13.8. The Balaban J connectivity index is 2.07. The number of thiophene rings is 1. The lowest BCUT2D eigenvalue weighted by Crippen LogP contribution is -2.21. The standard InChI is InChI=1S/C15H16N2S/c1-11(14-6-3-5-13(9-14)10-16)17-12(2)15-7-4-8-18-15/h3-9,11-12,17H,1-2H3/t11?,12-/m0/s1. The first-order valence-electron chi connectivity index (χ1n) is 6.00. The molecule has 92 valence electrons. The third-order valence-electron chi connectivity index (χ3n) is 2.99. The van der Waals surface area contributed by atoms with E-state index in [2.05, 4.69) is 48.8 Å². The number of rotatable bonds is 4. The molecule has 2 atom stereocenters. The van der Waals surface area contributed by atoms with Gasteiger partial charge in [-0.1, -0.05) is 18.2 Å².